The summed E-state index contributed by atoms with van der Waals surface area (Å²) in [7, 11) is 0. The summed E-state index contributed by atoms with van der Waals surface area (Å²) in [4.78, 5) is 21.3. The van der Waals surface area contributed by atoms with Gasteiger partial charge in [-0.05, 0) is 16.8 Å². The van der Waals surface area contributed by atoms with E-state index in [0.717, 1.165) is 10.8 Å². The number of carboxylic acid groups (broad SMARTS) is 1. The number of benzene rings is 2. The Hall–Kier alpha value is -2.62. The summed E-state index contributed by atoms with van der Waals surface area (Å²) in [5.41, 5.74) is 0.406. The molecule has 0 spiro atoms. The van der Waals surface area contributed by atoms with Crippen molar-refractivity contribution in [2.75, 3.05) is 0 Å². The molecule has 2 aromatic carbocycles. The largest absolute Gasteiger partial charge is 0.507 e. The van der Waals surface area contributed by atoms with Gasteiger partial charge in [0.05, 0.1) is 0 Å². The molecule has 0 amide bonds. The van der Waals surface area contributed by atoms with Crippen molar-refractivity contribution >= 4 is 28.3 Å². The van der Waals surface area contributed by atoms with E-state index in [-0.39, 0.29) is 5.76 Å². The molecule has 0 unspecified atom stereocenters. The summed E-state index contributed by atoms with van der Waals surface area (Å²) < 4.78 is 0. The number of rotatable bonds is 3. The van der Waals surface area contributed by atoms with Crippen LogP contribution in [-0.4, -0.2) is 22.0 Å². The zero-order chi connectivity index (χ0) is 13.1. The summed E-state index contributed by atoms with van der Waals surface area (Å²) in [6.07, 6.45) is 0.701. The monoisotopic (exact) mass is 242 g/mol. The summed E-state index contributed by atoms with van der Waals surface area (Å²) in [5, 5.41) is 20.0. The van der Waals surface area contributed by atoms with Crippen LogP contribution in [0.4, 0.5) is 0 Å². The highest BCUT2D eigenvalue weighted by Crippen LogP contribution is 2.19. The van der Waals surface area contributed by atoms with Crippen LogP contribution in [0.3, 0.4) is 0 Å². The van der Waals surface area contributed by atoms with Crippen molar-refractivity contribution in [3.05, 3.63) is 54.1 Å². The predicted molar refractivity (Wildman–Crippen MR) is 67.2 cm³/mol. The Kier molecular flexibility index (Phi) is 3.10. The fraction of sp³-hybridized carbons (Fsp3) is 0. The normalized spacial score (nSPS) is 11.4. The smallest absolute Gasteiger partial charge is 0.376 e. The summed E-state index contributed by atoms with van der Waals surface area (Å²) in [6, 6.07) is 12.6. The molecular weight excluding hydrogens is 232 g/mol. The molecule has 2 aromatic rings. The van der Waals surface area contributed by atoms with Gasteiger partial charge in [-0.1, -0.05) is 36.4 Å². The van der Waals surface area contributed by atoms with Gasteiger partial charge in [-0.3, -0.25) is 4.79 Å². The lowest BCUT2D eigenvalue weighted by atomic mass is 10.1. The first-order valence-electron chi connectivity index (χ1n) is 5.25. The summed E-state index contributed by atoms with van der Waals surface area (Å²) >= 11 is 0. The molecule has 2 rings (SSSR count). The van der Waals surface area contributed by atoms with Crippen molar-refractivity contribution < 1.29 is 19.8 Å². The Morgan fingerprint density at radius 2 is 1.61 bits per heavy atom. The van der Waals surface area contributed by atoms with Crippen LogP contribution in [0.15, 0.2) is 48.5 Å². The van der Waals surface area contributed by atoms with E-state index in [0.29, 0.717) is 11.6 Å². The van der Waals surface area contributed by atoms with Crippen molar-refractivity contribution in [1.29, 1.82) is 0 Å². The van der Waals surface area contributed by atoms with Crippen molar-refractivity contribution in [1.82, 2.24) is 0 Å². The average Bonchev–Trinajstić information content (AvgIpc) is 2.37. The summed E-state index contributed by atoms with van der Waals surface area (Å²) in [6.45, 7) is 0. The lowest BCUT2D eigenvalue weighted by molar-refractivity contribution is -0.146. The van der Waals surface area contributed by atoms with E-state index >= 15 is 0 Å². The van der Waals surface area contributed by atoms with E-state index in [9.17, 15) is 14.7 Å². The Balaban J connectivity index is 2.42. The van der Waals surface area contributed by atoms with E-state index in [4.69, 9.17) is 5.11 Å². The molecule has 4 nitrogen and oxygen atoms in total. The van der Waals surface area contributed by atoms with Gasteiger partial charge in [0.15, 0.2) is 0 Å². The van der Waals surface area contributed by atoms with Crippen LogP contribution >= 0.6 is 0 Å². The van der Waals surface area contributed by atoms with Gasteiger partial charge in [0, 0.05) is 11.6 Å². The minimum absolute atomic E-state index is 0.354. The molecule has 0 aromatic heterocycles. The molecule has 0 aliphatic carbocycles. The van der Waals surface area contributed by atoms with Crippen molar-refractivity contribution in [3.8, 4) is 0 Å². The van der Waals surface area contributed by atoms with Gasteiger partial charge in [-0.2, -0.15) is 0 Å². The van der Waals surface area contributed by atoms with E-state index in [1.165, 1.54) is 0 Å². The molecule has 4 heteroatoms. The van der Waals surface area contributed by atoms with E-state index in [1.807, 2.05) is 24.3 Å². The summed E-state index contributed by atoms with van der Waals surface area (Å²) in [5.74, 6) is -3.10. The van der Waals surface area contributed by atoms with Gasteiger partial charge in [0.25, 0.3) is 5.78 Å². The molecular formula is C14H10O4. The van der Waals surface area contributed by atoms with E-state index < -0.39 is 11.8 Å². The standard InChI is InChI=1S/C14H10O4/c15-12(8-13(16)14(17)18)11-6-5-9-3-1-2-4-10(9)7-11/h1-8,15H,(H,17,18)/b12-8-. The topological polar surface area (TPSA) is 74.6 Å². The van der Waals surface area contributed by atoms with Crippen LogP contribution in [0.25, 0.3) is 16.5 Å². The maximum atomic E-state index is 11.0. The van der Waals surface area contributed by atoms with E-state index in [1.54, 1.807) is 18.2 Å². The third-order valence-electron chi connectivity index (χ3n) is 2.52. The van der Waals surface area contributed by atoms with Crippen LogP contribution in [0.1, 0.15) is 5.56 Å². The van der Waals surface area contributed by atoms with Crippen LogP contribution in [0, 0.1) is 0 Å². The number of fused-ring (bicyclic) bond motifs is 1. The SMILES string of the molecule is O=C(O)C(=O)/C=C(\O)c1ccc2ccccc2c1. The lowest BCUT2D eigenvalue weighted by Gasteiger charge is -2.02. The van der Waals surface area contributed by atoms with Gasteiger partial charge < -0.3 is 10.2 Å². The Morgan fingerprint density at radius 1 is 0.944 bits per heavy atom. The molecule has 0 bridgehead atoms. The molecule has 0 saturated heterocycles. The molecule has 0 aliphatic heterocycles. The molecule has 18 heavy (non-hydrogen) atoms. The van der Waals surface area contributed by atoms with Crippen LogP contribution in [0.5, 0.6) is 0 Å². The first kappa shape index (κ1) is 11.9. The van der Waals surface area contributed by atoms with Gasteiger partial charge >= 0.3 is 5.97 Å². The average molecular weight is 242 g/mol. The van der Waals surface area contributed by atoms with Crippen LogP contribution in [-0.2, 0) is 9.59 Å². The second-order valence-corrected chi connectivity index (χ2v) is 3.76. The second kappa shape index (κ2) is 4.71. The molecule has 0 fully saturated rings. The molecule has 90 valence electrons. The van der Waals surface area contributed by atoms with Gasteiger partial charge in [0.1, 0.15) is 5.76 Å². The number of aliphatic carboxylic acids is 1. The number of carboxylic acids is 1. The number of carbonyl (C=O) groups excluding carboxylic acids is 1. The number of aliphatic hydroxyl groups is 1. The zero-order valence-electron chi connectivity index (χ0n) is 9.33. The first-order chi connectivity index (χ1) is 8.58. The highest BCUT2D eigenvalue weighted by molar-refractivity contribution is 6.38. The predicted octanol–water partition coefficient (Wildman–Crippen LogP) is 2.39. The van der Waals surface area contributed by atoms with Crippen molar-refractivity contribution in [2.45, 2.75) is 0 Å². The Morgan fingerprint density at radius 3 is 2.28 bits per heavy atom. The Labute approximate surface area is 103 Å². The fourth-order valence-corrected chi connectivity index (χ4v) is 1.62. The fourth-order valence-electron chi connectivity index (χ4n) is 1.62. The maximum Gasteiger partial charge on any atom is 0.376 e. The molecule has 0 aliphatic rings. The minimum atomic E-state index is -1.60. The quantitative estimate of drug-likeness (QED) is 0.492. The zero-order valence-corrected chi connectivity index (χ0v) is 9.33. The lowest BCUT2D eigenvalue weighted by Crippen LogP contribution is -2.09. The molecule has 0 atom stereocenters. The molecule has 0 heterocycles. The Bertz CT molecular complexity index is 656. The third-order valence-corrected chi connectivity index (χ3v) is 2.52. The molecule has 2 N–H and O–H groups in total. The van der Waals surface area contributed by atoms with E-state index in [2.05, 4.69) is 0 Å². The maximum absolute atomic E-state index is 11.0. The number of hydrogen-bond donors (Lipinski definition) is 2. The second-order valence-electron chi connectivity index (χ2n) is 3.76. The van der Waals surface area contributed by atoms with Crippen molar-refractivity contribution in [2.24, 2.45) is 0 Å². The van der Waals surface area contributed by atoms with Gasteiger partial charge in [-0.25, -0.2) is 4.79 Å². The van der Waals surface area contributed by atoms with Gasteiger partial charge in [0.2, 0.25) is 0 Å². The third kappa shape index (κ3) is 2.38. The number of carbonyl (C=O) groups is 2. The van der Waals surface area contributed by atoms with Crippen molar-refractivity contribution in [3.63, 3.8) is 0 Å². The number of hydrogen-bond acceptors (Lipinski definition) is 3. The first-order valence-corrected chi connectivity index (χ1v) is 5.25. The van der Waals surface area contributed by atoms with Gasteiger partial charge in [-0.15, -0.1) is 0 Å². The highest BCUT2D eigenvalue weighted by atomic mass is 16.4. The highest BCUT2D eigenvalue weighted by Gasteiger charge is 2.10. The minimum Gasteiger partial charge on any atom is -0.507 e. The van der Waals surface area contributed by atoms with Crippen LogP contribution in [0.2, 0.25) is 0 Å². The van der Waals surface area contributed by atoms with Crippen LogP contribution < -0.4 is 0 Å². The number of ketones is 1. The molecule has 0 saturated carbocycles. The number of aliphatic hydroxyl groups excluding tert-OH is 1. The molecule has 0 radical (unpaired) electrons.